The zero-order valence-electron chi connectivity index (χ0n) is 16.7. The molecule has 30 heavy (non-hydrogen) atoms. The molecule has 0 unspecified atom stereocenters. The third kappa shape index (κ3) is 10.0. The van der Waals surface area contributed by atoms with E-state index < -0.39 is 11.9 Å². The second kappa shape index (κ2) is 14.1. The van der Waals surface area contributed by atoms with Gasteiger partial charge in [-0.15, -0.1) is 0 Å². The molecule has 2 aromatic rings. The fraction of sp³-hybridized carbons (Fsp3) is 0.364. The Labute approximate surface area is 175 Å². The fourth-order valence-corrected chi connectivity index (χ4v) is 2.29. The number of carboxylic acid groups (broad SMARTS) is 1. The van der Waals surface area contributed by atoms with E-state index in [1.165, 1.54) is 12.1 Å². The average molecular weight is 418 g/mol. The van der Waals surface area contributed by atoms with Crippen LogP contribution in [0.4, 0.5) is 0 Å². The molecular weight excluding hydrogens is 392 g/mol. The van der Waals surface area contributed by atoms with E-state index in [0.717, 1.165) is 5.56 Å². The zero-order chi connectivity index (χ0) is 21.4. The Morgan fingerprint density at radius 3 is 1.97 bits per heavy atom. The van der Waals surface area contributed by atoms with Crippen molar-refractivity contribution in [1.82, 2.24) is 0 Å². The molecule has 0 aliphatic rings. The first-order valence-corrected chi connectivity index (χ1v) is 9.54. The van der Waals surface area contributed by atoms with Crippen molar-refractivity contribution in [2.75, 3.05) is 46.2 Å². The maximum atomic E-state index is 11.6. The molecule has 0 spiro atoms. The third-order valence-corrected chi connectivity index (χ3v) is 3.80. The molecule has 0 fully saturated rings. The number of aromatic carboxylic acids is 1. The lowest BCUT2D eigenvalue weighted by Crippen LogP contribution is -2.16. The molecule has 0 bridgehead atoms. The van der Waals surface area contributed by atoms with Crippen LogP contribution in [0.5, 0.6) is 5.75 Å². The number of carbonyl (C=O) groups excluding carboxylic acids is 1. The minimum atomic E-state index is -0.974. The molecule has 8 nitrogen and oxygen atoms in total. The largest absolute Gasteiger partial charge is 0.491 e. The number of carboxylic acids is 1. The number of benzene rings is 2. The smallest absolute Gasteiger partial charge is 0.335 e. The molecule has 2 aromatic carbocycles. The van der Waals surface area contributed by atoms with Crippen molar-refractivity contribution >= 4 is 11.9 Å². The van der Waals surface area contributed by atoms with Gasteiger partial charge in [0.1, 0.15) is 25.6 Å². The highest BCUT2D eigenvalue weighted by atomic mass is 16.6. The summed E-state index contributed by atoms with van der Waals surface area (Å²) < 4.78 is 26.5. The van der Waals surface area contributed by atoms with Crippen LogP contribution >= 0.6 is 0 Å². The fourth-order valence-electron chi connectivity index (χ4n) is 2.29. The molecule has 0 amide bonds. The molecule has 0 saturated carbocycles. The highest BCUT2D eigenvalue weighted by Crippen LogP contribution is 2.11. The van der Waals surface area contributed by atoms with Gasteiger partial charge in [0, 0.05) is 0 Å². The standard InChI is InChI=1S/C22H26O8/c23-21(30-16-18-4-2-1-3-5-18)17-28-13-12-26-10-11-27-14-15-29-20-8-6-19(7-9-20)22(24)25/h1-9H,10-17H2,(H,24,25). The second-order valence-corrected chi connectivity index (χ2v) is 6.10. The quantitative estimate of drug-likeness (QED) is 0.348. The van der Waals surface area contributed by atoms with E-state index in [4.69, 9.17) is 28.8 Å². The van der Waals surface area contributed by atoms with Gasteiger partial charge in [-0.2, -0.15) is 0 Å². The molecule has 2 rings (SSSR count). The van der Waals surface area contributed by atoms with Crippen LogP contribution in [0.1, 0.15) is 15.9 Å². The maximum absolute atomic E-state index is 11.6. The lowest BCUT2D eigenvalue weighted by molar-refractivity contribution is -0.150. The van der Waals surface area contributed by atoms with Gasteiger partial charge in [0.2, 0.25) is 0 Å². The summed E-state index contributed by atoms with van der Waals surface area (Å²) >= 11 is 0. The first-order valence-electron chi connectivity index (χ1n) is 9.54. The normalized spacial score (nSPS) is 10.5. The first kappa shape index (κ1) is 23.3. The SMILES string of the molecule is O=C(COCCOCCOCCOc1ccc(C(=O)O)cc1)OCc1ccccc1. The Bertz CT molecular complexity index is 745. The molecule has 0 aliphatic carbocycles. The summed E-state index contributed by atoms with van der Waals surface area (Å²) in [5, 5.41) is 8.82. The van der Waals surface area contributed by atoms with E-state index in [9.17, 15) is 9.59 Å². The van der Waals surface area contributed by atoms with E-state index >= 15 is 0 Å². The van der Waals surface area contributed by atoms with Crippen LogP contribution in [0.2, 0.25) is 0 Å². The first-order chi connectivity index (χ1) is 14.6. The number of hydrogen-bond acceptors (Lipinski definition) is 7. The van der Waals surface area contributed by atoms with Gasteiger partial charge in [-0.05, 0) is 29.8 Å². The third-order valence-electron chi connectivity index (χ3n) is 3.80. The summed E-state index contributed by atoms with van der Waals surface area (Å²) in [5.41, 5.74) is 1.14. The van der Waals surface area contributed by atoms with E-state index in [1.807, 2.05) is 30.3 Å². The highest BCUT2D eigenvalue weighted by Gasteiger charge is 2.04. The van der Waals surface area contributed by atoms with E-state index in [1.54, 1.807) is 12.1 Å². The molecule has 0 aromatic heterocycles. The van der Waals surface area contributed by atoms with Crippen molar-refractivity contribution in [3.63, 3.8) is 0 Å². The Kier molecular flexibility index (Phi) is 11.0. The number of esters is 1. The van der Waals surface area contributed by atoms with Crippen molar-refractivity contribution in [3.05, 3.63) is 65.7 Å². The summed E-state index contributed by atoms with van der Waals surface area (Å²) in [5.74, 6) is -0.808. The van der Waals surface area contributed by atoms with Crippen molar-refractivity contribution < 1.29 is 38.4 Å². The van der Waals surface area contributed by atoms with E-state index in [-0.39, 0.29) is 25.4 Å². The van der Waals surface area contributed by atoms with Crippen LogP contribution in [0, 0.1) is 0 Å². The van der Waals surface area contributed by atoms with Gasteiger partial charge in [-0.3, -0.25) is 0 Å². The zero-order valence-corrected chi connectivity index (χ0v) is 16.7. The van der Waals surface area contributed by atoms with Crippen LogP contribution < -0.4 is 4.74 Å². The topological polar surface area (TPSA) is 101 Å². The molecular formula is C22H26O8. The number of hydrogen-bond donors (Lipinski definition) is 1. The van der Waals surface area contributed by atoms with Crippen molar-refractivity contribution in [2.24, 2.45) is 0 Å². The Hall–Kier alpha value is -2.94. The highest BCUT2D eigenvalue weighted by molar-refractivity contribution is 5.87. The predicted octanol–water partition coefficient (Wildman–Crippen LogP) is 2.56. The van der Waals surface area contributed by atoms with Gasteiger partial charge in [-0.1, -0.05) is 30.3 Å². The molecule has 0 atom stereocenters. The van der Waals surface area contributed by atoms with E-state index in [2.05, 4.69) is 0 Å². The van der Waals surface area contributed by atoms with Gasteiger partial charge in [0.25, 0.3) is 0 Å². The summed E-state index contributed by atoms with van der Waals surface area (Å²) in [6, 6.07) is 15.6. The van der Waals surface area contributed by atoms with Crippen molar-refractivity contribution in [2.45, 2.75) is 6.61 Å². The number of rotatable bonds is 15. The minimum Gasteiger partial charge on any atom is -0.491 e. The molecule has 8 heteroatoms. The molecule has 0 saturated heterocycles. The monoisotopic (exact) mass is 418 g/mol. The van der Waals surface area contributed by atoms with Gasteiger partial charge in [0.15, 0.2) is 0 Å². The van der Waals surface area contributed by atoms with Gasteiger partial charge >= 0.3 is 11.9 Å². The molecule has 0 radical (unpaired) electrons. The summed E-state index contributed by atoms with van der Waals surface area (Å²) in [6.45, 7) is 2.29. The number of ether oxygens (including phenoxy) is 5. The van der Waals surface area contributed by atoms with E-state index in [0.29, 0.717) is 38.8 Å². The van der Waals surface area contributed by atoms with Crippen molar-refractivity contribution in [1.29, 1.82) is 0 Å². The van der Waals surface area contributed by atoms with Crippen LogP contribution in [0.3, 0.4) is 0 Å². The van der Waals surface area contributed by atoms with Gasteiger partial charge in [0.05, 0.1) is 38.6 Å². The summed E-state index contributed by atoms with van der Waals surface area (Å²) in [7, 11) is 0. The van der Waals surface area contributed by atoms with Crippen LogP contribution in [-0.2, 0) is 30.3 Å². The summed E-state index contributed by atoms with van der Waals surface area (Å²) in [4.78, 5) is 22.3. The Morgan fingerprint density at radius 1 is 0.733 bits per heavy atom. The predicted molar refractivity (Wildman–Crippen MR) is 108 cm³/mol. The molecule has 1 N–H and O–H groups in total. The second-order valence-electron chi connectivity index (χ2n) is 6.10. The summed E-state index contributed by atoms with van der Waals surface area (Å²) in [6.07, 6.45) is 0. The maximum Gasteiger partial charge on any atom is 0.335 e. The lowest BCUT2D eigenvalue weighted by atomic mass is 10.2. The van der Waals surface area contributed by atoms with Crippen LogP contribution in [0.25, 0.3) is 0 Å². The van der Waals surface area contributed by atoms with Gasteiger partial charge in [-0.25, -0.2) is 9.59 Å². The average Bonchev–Trinajstić information content (AvgIpc) is 2.77. The van der Waals surface area contributed by atoms with Crippen LogP contribution in [0.15, 0.2) is 54.6 Å². The Morgan fingerprint density at radius 2 is 1.33 bits per heavy atom. The molecule has 0 aliphatic heterocycles. The lowest BCUT2D eigenvalue weighted by Gasteiger charge is -2.08. The minimum absolute atomic E-state index is 0.114. The molecule has 162 valence electrons. The van der Waals surface area contributed by atoms with Gasteiger partial charge < -0.3 is 28.8 Å². The number of carbonyl (C=O) groups is 2. The van der Waals surface area contributed by atoms with Crippen molar-refractivity contribution in [3.8, 4) is 5.75 Å². The van der Waals surface area contributed by atoms with Crippen LogP contribution in [-0.4, -0.2) is 63.3 Å². The molecule has 0 heterocycles. The Balaban J connectivity index is 1.37.